The Kier molecular flexibility index (Phi) is 3.46. The highest BCUT2D eigenvalue weighted by Crippen LogP contribution is 2.18. The van der Waals surface area contributed by atoms with E-state index in [0.717, 1.165) is 17.7 Å². The van der Waals surface area contributed by atoms with E-state index in [1.807, 2.05) is 13.0 Å². The number of nitrogen functional groups attached to an aromatic ring is 1. The van der Waals surface area contributed by atoms with Crippen LogP contribution in [0.25, 0.3) is 0 Å². The van der Waals surface area contributed by atoms with Gasteiger partial charge in [-0.1, -0.05) is 12.1 Å². The topological polar surface area (TPSA) is 55.1 Å². The van der Waals surface area contributed by atoms with Gasteiger partial charge in [-0.25, -0.2) is 8.78 Å². The third-order valence-electron chi connectivity index (χ3n) is 2.62. The average molecular weight is 262 g/mol. The van der Waals surface area contributed by atoms with Crippen LogP contribution in [0.15, 0.2) is 36.4 Å². The summed E-state index contributed by atoms with van der Waals surface area (Å²) in [4.78, 5) is 11.9. The van der Waals surface area contributed by atoms with Crippen LogP contribution in [0.5, 0.6) is 0 Å². The molecule has 0 heterocycles. The smallest absolute Gasteiger partial charge is 0.255 e. The number of anilines is 2. The number of rotatable bonds is 2. The first-order valence-electron chi connectivity index (χ1n) is 5.60. The van der Waals surface area contributed by atoms with Crippen LogP contribution >= 0.6 is 0 Å². The van der Waals surface area contributed by atoms with Gasteiger partial charge in [-0.15, -0.1) is 0 Å². The van der Waals surface area contributed by atoms with E-state index < -0.39 is 23.2 Å². The molecule has 3 N–H and O–H groups in total. The van der Waals surface area contributed by atoms with Gasteiger partial charge in [-0.3, -0.25) is 4.79 Å². The Hall–Kier alpha value is -2.43. The summed E-state index contributed by atoms with van der Waals surface area (Å²) in [6, 6.07) is 8.90. The van der Waals surface area contributed by atoms with E-state index in [-0.39, 0.29) is 5.56 Å². The van der Waals surface area contributed by atoms with Crippen molar-refractivity contribution in [2.75, 3.05) is 11.1 Å². The summed E-state index contributed by atoms with van der Waals surface area (Å²) in [5.74, 6) is -2.49. The van der Waals surface area contributed by atoms with Gasteiger partial charge >= 0.3 is 0 Å². The molecule has 0 fully saturated rings. The molecule has 3 nitrogen and oxygen atoms in total. The number of hydrogen-bond donors (Lipinski definition) is 2. The normalized spacial score (nSPS) is 10.3. The third kappa shape index (κ3) is 2.88. The molecule has 0 saturated carbocycles. The van der Waals surface area contributed by atoms with Crippen LogP contribution in [0.3, 0.4) is 0 Å². The summed E-state index contributed by atoms with van der Waals surface area (Å²) in [5, 5.41) is 2.56. The van der Waals surface area contributed by atoms with Gasteiger partial charge in [0.1, 0.15) is 17.3 Å². The molecule has 0 atom stereocenters. The summed E-state index contributed by atoms with van der Waals surface area (Å²) < 4.78 is 26.5. The first-order valence-corrected chi connectivity index (χ1v) is 5.60. The Morgan fingerprint density at radius 1 is 1.16 bits per heavy atom. The summed E-state index contributed by atoms with van der Waals surface area (Å²) in [6.07, 6.45) is 0. The molecule has 98 valence electrons. The molecule has 0 aliphatic rings. The zero-order chi connectivity index (χ0) is 14.0. The second-order valence-corrected chi connectivity index (χ2v) is 4.18. The maximum absolute atomic E-state index is 13.3. The number of nitrogens with one attached hydrogen (secondary N) is 1. The van der Waals surface area contributed by atoms with Crippen molar-refractivity contribution >= 4 is 17.3 Å². The third-order valence-corrected chi connectivity index (χ3v) is 2.62. The van der Waals surface area contributed by atoms with Crippen molar-refractivity contribution in [1.29, 1.82) is 0 Å². The minimum Gasteiger partial charge on any atom is -0.394 e. The Morgan fingerprint density at radius 3 is 2.37 bits per heavy atom. The lowest BCUT2D eigenvalue weighted by atomic mass is 10.1. The van der Waals surface area contributed by atoms with E-state index in [9.17, 15) is 13.6 Å². The quantitative estimate of drug-likeness (QED) is 0.817. The number of aryl methyl sites for hydroxylation is 1. The molecule has 19 heavy (non-hydrogen) atoms. The molecule has 2 aromatic rings. The number of carbonyl (C=O) groups excluding carboxylic acids is 1. The van der Waals surface area contributed by atoms with Crippen molar-refractivity contribution in [2.24, 2.45) is 0 Å². The van der Waals surface area contributed by atoms with Crippen molar-refractivity contribution < 1.29 is 13.6 Å². The van der Waals surface area contributed by atoms with E-state index in [1.54, 1.807) is 18.2 Å². The van der Waals surface area contributed by atoms with Crippen molar-refractivity contribution in [1.82, 2.24) is 0 Å². The van der Waals surface area contributed by atoms with Gasteiger partial charge in [0.05, 0.1) is 0 Å². The molecular formula is C14H12F2N2O. The summed E-state index contributed by atoms with van der Waals surface area (Å²) >= 11 is 0. The number of halogens is 2. The average Bonchev–Trinajstić information content (AvgIpc) is 2.35. The molecule has 1 amide bonds. The molecule has 5 heteroatoms. The van der Waals surface area contributed by atoms with Crippen LogP contribution in [-0.4, -0.2) is 5.91 Å². The second kappa shape index (κ2) is 5.06. The maximum Gasteiger partial charge on any atom is 0.255 e. The second-order valence-electron chi connectivity index (χ2n) is 4.18. The first kappa shape index (κ1) is 13.0. The molecule has 2 aromatic carbocycles. The molecule has 0 aliphatic heterocycles. The standard InChI is InChI=1S/C14H12F2N2O/c1-8-3-2-4-10(5-8)18-14(19)9-6-11(15)13(17)12(16)7-9/h2-7H,17H2,1H3,(H,18,19). The van der Waals surface area contributed by atoms with Gasteiger partial charge in [0.25, 0.3) is 5.91 Å². The van der Waals surface area contributed by atoms with Gasteiger partial charge in [-0.05, 0) is 36.8 Å². The minimum atomic E-state index is -0.950. The highest BCUT2D eigenvalue weighted by atomic mass is 19.1. The number of hydrogen-bond acceptors (Lipinski definition) is 2. The van der Waals surface area contributed by atoms with Gasteiger partial charge in [-0.2, -0.15) is 0 Å². The van der Waals surface area contributed by atoms with Crippen LogP contribution < -0.4 is 11.1 Å². The minimum absolute atomic E-state index is 0.120. The van der Waals surface area contributed by atoms with Gasteiger partial charge in [0.2, 0.25) is 0 Å². The lowest BCUT2D eigenvalue weighted by Gasteiger charge is -2.07. The fraction of sp³-hybridized carbons (Fsp3) is 0.0714. The summed E-state index contributed by atoms with van der Waals surface area (Å²) in [6.45, 7) is 1.87. The molecule has 2 rings (SSSR count). The fourth-order valence-electron chi connectivity index (χ4n) is 1.64. The van der Waals surface area contributed by atoms with Gasteiger partial charge in [0.15, 0.2) is 0 Å². The van der Waals surface area contributed by atoms with Crippen LogP contribution in [-0.2, 0) is 0 Å². The lowest BCUT2D eigenvalue weighted by molar-refractivity contribution is 0.102. The van der Waals surface area contributed by atoms with E-state index in [2.05, 4.69) is 5.32 Å². The predicted octanol–water partition coefficient (Wildman–Crippen LogP) is 3.11. The van der Waals surface area contributed by atoms with Crippen molar-refractivity contribution in [3.63, 3.8) is 0 Å². The number of benzene rings is 2. The van der Waals surface area contributed by atoms with Crippen LogP contribution in [0.4, 0.5) is 20.2 Å². The van der Waals surface area contributed by atoms with E-state index in [4.69, 9.17) is 5.73 Å². The molecule has 0 aliphatic carbocycles. The monoisotopic (exact) mass is 262 g/mol. The Balaban J connectivity index is 2.25. The Labute approximate surface area is 109 Å². The fourth-order valence-corrected chi connectivity index (χ4v) is 1.64. The van der Waals surface area contributed by atoms with Crippen molar-refractivity contribution in [2.45, 2.75) is 6.92 Å². The zero-order valence-corrected chi connectivity index (χ0v) is 10.2. The maximum atomic E-state index is 13.3. The van der Waals surface area contributed by atoms with Crippen LogP contribution in [0.1, 0.15) is 15.9 Å². The Bertz CT molecular complexity index is 618. The van der Waals surface area contributed by atoms with Gasteiger partial charge < -0.3 is 11.1 Å². The largest absolute Gasteiger partial charge is 0.394 e. The van der Waals surface area contributed by atoms with Crippen molar-refractivity contribution in [3.8, 4) is 0 Å². The SMILES string of the molecule is Cc1cccc(NC(=O)c2cc(F)c(N)c(F)c2)c1. The van der Waals surface area contributed by atoms with Crippen molar-refractivity contribution in [3.05, 3.63) is 59.2 Å². The molecule has 0 aromatic heterocycles. The number of amides is 1. The van der Waals surface area contributed by atoms with Gasteiger partial charge in [0, 0.05) is 11.3 Å². The van der Waals surface area contributed by atoms with E-state index >= 15 is 0 Å². The lowest BCUT2D eigenvalue weighted by Crippen LogP contribution is -2.13. The van der Waals surface area contributed by atoms with Crippen LogP contribution in [0, 0.1) is 18.6 Å². The van der Waals surface area contributed by atoms with Crippen LogP contribution in [0.2, 0.25) is 0 Å². The highest BCUT2D eigenvalue weighted by molar-refractivity contribution is 6.04. The molecular weight excluding hydrogens is 250 g/mol. The first-order chi connectivity index (χ1) is 8.97. The molecule has 0 unspecified atom stereocenters. The van der Waals surface area contributed by atoms with E-state index in [1.165, 1.54) is 0 Å². The molecule has 0 radical (unpaired) electrons. The number of nitrogens with two attached hydrogens (primary N) is 1. The molecule has 0 bridgehead atoms. The molecule has 0 spiro atoms. The predicted molar refractivity (Wildman–Crippen MR) is 69.9 cm³/mol. The highest BCUT2D eigenvalue weighted by Gasteiger charge is 2.13. The molecule has 0 saturated heterocycles. The summed E-state index contributed by atoms with van der Waals surface area (Å²) in [7, 11) is 0. The summed E-state index contributed by atoms with van der Waals surface area (Å²) in [5.41, 5.74) is 5.95. The Morgan fingerprint density at radius 2 is 1.79 bits per heavy atom. The zero-order valence-electron chi connectivity index (χ0n) is 10.2. The number of carbonyl (C=O) groups is 1. The van der Waals surface area contributed by atoms with E-state index in [0.29, 0.717) is 5.69 Å².